The molecule has 0 saturated carbocycles. The minimum Gasteiger partial charge on any atom is -0.355 e. The van der Waals surface area contributed by atoms with Crippen LogP contribution < -0.4 is 5.32 Å². The molecule has 0 radical (unpaired) electrons. The lowest BCUT2D eigenvalue weighted by atomic mass is 10.3. The Morgan fingerprint density at radius 1 is 1.44 bits per heavy atom. The number of hydrogen-bond acceptors (Lipinski definition) is 2. The first-order valence-electron chi connectivity index (χ1n) is 5.95. The van der Waals surface area contributed by atoms with Crippen LogP contribution in [0, 0.1) is 5.82 Å². The van der Waals surface area contributed by atoms with E-state index in [1.165, 1.54) is 6.07 Å². The van der Waals surface area contributed by atoms with Gasteiger partial charge in [0.1, 0.15) is 5.82 Å². The highest BCUT2D eigenvalue weighted by Crippen LogP contribution is 2.21. The van der Waals surface area contributed by atoms with E-state index >= 15 is 0 Å². The molecule has 0 atom stereocenters. The molecule has 1 aromatic carbocycles. The zero-order valence-electron chi connectivity index (χ0n) is 10.2. The van der Waals surface area contributed by atoms with Crippen molar-refractivity contribution in [1.29, 1.82) is 0 Å². The number of unbranched alkanes of at least 4 members (excludes halogenated alkanes) is 1. The van der Waals surface area contributed by atoms with Crippen molar-refractivity contribution in [2.75, 3.05) is 11.9 Å². The predicted octanol–water partition coefficient (Wildman–Crippen LogP) is 3.99. The summed E-state index contributed by atoms with van der Waals surface area (Å²) in [5.41, 5.74) is 0.757. The van der Waals surface area contributed by atoms with E-state index < -0.39 is 0 Å². The van der Waals surface area contributed by atoms with E-state index in [1.807, 2.05) is 16.8 Å². The van der Waals surface area contributed by atoms with Crippen LogP contribution >= 0.6 is 15.9 Å². The molecule has 96 valence electrons. The molecule has 1 aromatic heterocycles. The third kappa shape index (κ3) is 2.90. The van der Waals surface area contributed by atoms with Crippen molar-refractivity contribution < 1.29 is 4.39 Å². The number of nitrogens with one attached hydrogen (secondary N) is 1. The zero-order chi connectivity index (χ0) is 13.0. The predicted molar refractivity (Wildman–Crippen MR) is 74.6 cm³/mol. The summed E-state index contributed by atoms with van der Waals surface area (Å²) in [6.45, 7) is 3.00. The van der Waals surface area contributed by atoms with Gasteiger partial charge in [0.05, 0.1) is 10.2 Å². The summed E-state index contributed by atoms with van der Waals surface area (Å²) in [6, 6.07) is 5.02. The van der Waals surface area contributed by atoms with Gasteiger partial charge < -0.3 is 5.32 Å². The Bertz CT molecular complexity index is 525. The van der Waals surface area contributed by atoms with Gasteiger partial charge in [0.2, 0.25) is 5.95 Å². The van der Waals surface area contributed by atoms with Gasteiger partial charge in [-0.15, -0.1) is 0 Å². The third-order valence-electron chi connectivity index (χ3n) is 2.64. The van der Waals surface area contributed by atoms with Crippen molar-refractivity contribution in [1.82, 2.24) is 9.55 Å². The maximum absolute atomic E-state index is 13.5. The fraction of sp³-hybridized carbons (Fsp3) is 0.308. The highest BCUT2D eigenvalue weighted by atomic mass is 79.9. The van der Waals surface area contributed by atoms with Gasteiger partial charge in [-0.25, -0.2) is 9.37 Å². The summed E-state index contributed by atoms with van der Waals surface area (Å²) in [5, 5.41) is 3.24. The molecule has 0 spiro atoms. The van der Waals surface area contributed by atoms with Crippen molar-refractivity contribution in [2.45, 2.75) is 19.8 Å². The topological polar surface area (TPSA) is 29.9 Å². The van der Waals surface area contributed by atoms with Crippen LogP contribution in [0.15, 0.2) is 35.1 Å². The Labute approximate surface area is 114 Å². The number of nitrogens with zero attached hydrogens (tertiary/aromatic N) is 2. The maximum atomic E-state index is 13.5. The molecule has 0 amide bonds. The van der Waals surface area contributed by atoms with Crippen LogP contribution in [0.1, 0.15) is 19.8 Å². The molecule has 18 heavy (non-hydrogen) atoms. The quantitative estimate of drug-likeness (QED) is 0.846. The number of halogens is 2. The number of aromatic nitrogens is 2. The smallest absolute Gasteiger partial charge is 0.207 e. The molecule has 0 aliphatic heterocycles. The lowest BCUT2D eigenvalue weighted by Gasteiger charge is -2.10. The molecule has 1 heterocycles. The van der Waals surface area contributed by atoms with E-state index in [-0.39, 0.29) is 5.82 Å². The van der Waals surface area contributed by atoms with Crippen LogP contribution in [0.5, 0.6) is 0 Å². The van der Waals surface area contributed by atoms with Crippen molar-refractivity contribution >= 4 is 21.9 Å². The van der Waals surface area contributed by atoms with Gasteiger partial charge in [0.25, 0.3) is 0 Å². The second-order valence-corrected chi connectivity index (χ2v) is 4.85. The average Bonchev–Trinajstić information content (AvgIpc) is 2.81. The first-order valence-corrected chi connectivity index (χ1v) is 6.74. The van der Waals surface area contributed by atoms with Crippen molar-refractivity contribution in [2.24, 2.45) is 0 Å². The normalized spacial score (nSPS) is 10.6. The van der Waals surface area contributed by atoms with Crippen molar-refractivity contribution in [3.63, 3.8) is 0 Å². The van der Waals surface area contributed by atoms with Gasteiger partial charge in [-0.05, 0) is 40.5 Å². The van der Waals surface area contributed by atoms with Crippen LogP contribution in [0.3, 0.4) is 0 Å². The summed E-state index contributed by atoms with van der Waals surface area (Å²) in [6.07, 6.45) is 5.73. The largest absolute Gasteiger partial charge is 0.355 e. The monoisotopic (exact) mass is 311 g/mol. The molecule has 0 aliphatic rings. The molecular formula is C13H15BrFN3. The number of rotatable bonds is 5. The molecule has 0 unspecified atom stereocenters. The van der Waals surface area contributed by atoms with E-state index in [0.29, 0.717) is 4.47 Å². The molecule has 0 saturated heterocycles. The van der Waals surface area contributed by atoms with Gasteiger partial charge in [0, 0.05) is 18.9 Å². The van der Waals surface area contributed by atoms with Crippen LogP contribution in [-0.4, -0.2) is 16.1 Å². The minimum atomic E-state index is -0.277. The van der Waals surface area contributed by atoms with E-state index in [2.05, 4.69) is 33.2 Å². The third-order valence-corrected chi connectivity index (χ3v) is 3.28. The second kappa shape index (κ2) is 6.00. The Balaban J connectivity index is 2.22. The van der Waals surface area contributed by atoms with E-state index in [4.69, 9.17) is 0 Å². The summed E-state index contributed by atoms with van der Waals surface area (Å²) in [5.74, 6) is 0.464. The molecular weight excluding hydrogens is 297 g/mol. The van der Waals surface area contributed by atoms with E-state index in [0.717, 1.165) is 31.0 Å². The lowest BCUT2D eigenvalue weighted by Crippen LogP contribution is -2.07. The molecule has 2 aromatic rings. The second-order valence-electron chi connectivity index (χ2n) is 4.00. The molecule has 5 heteroatoms. The Hall–Kier alpha value is -1.36. The molecule has 1 N–H and O–H groups in total. The molecule has 0 aliphatic carbocycles. The van der Waals surface area contributed by atoms with Crippen LogP contribution in [-0.2, 0) is 0 Å². The number of hydrogen-bond donors (Lipinski definition) is 1. The number of imidazole rings is 1. The zero-order valence-corrected chi connectivity index (χ0v) is 11.7. The summed E-state index contributed by atoms with van der Waals surface area (Å²) in [4.78, 5) is 4.23. The van der Waals surface area contributed by atoms with Crippen molar-refractivity contribution in [3.8, 4) is 5.69 Å². The Kier molecular flexibility index (Phi) is 4.36. The number of anilines is 1. The molecule has 3 nitrogen and oxygen atoms in total. The van der Waals surface area contributed by atoms with Gasteiger partial charge in [-0.2, -0.15) is 0 Å². The number of benzene rings is 1. The molecule has 0 fully saturated rings. The first kappa shape index (κ1) is 13.1. The standard InChI is InChI=1S/C13H15BrFN3/c1-2-3-6-16-13-17-7-8-18(13)10-4-5-11(14)12(15)9-10/h4-5,7-9H,2-3,6H2,1H3,(H,16,17). The molecule has 2 rings (SSSR count). The van der Waals surface area contributed by atoms with Gasteiger partial charge in [-0.1, -0.05) is 13.3 Å². The molecule has 0 bridgehead atoms. The Morgan fingerprint density at radius 3 is 3.00 bits per heavy atom. The highest BCUT2D eigenvalue weighted by molar-refractivity contribution is 9.10. The summed E-state index contributed by atoms with van der Waals surface area (Å²) in [7, 11) is 0. The van der Waals surface area contributed by atoms with Gasteiger partial charge in [-0.3, -0.25) is 4.57 Å². The van der Waals surface area contributed by atoms with Crippen molar-refractivity contribution in [3.05, 3.63) is 40.9 Å². The SMILES string of the molecule is CCCCNc1nccn1-c1ccc(Br)c(F)c1. The first-order chi connectivity index (χ1) is 8.72. The van der Waals surface area contributed by atoms with Gasteiger partial charge in [0.15, 0.2) is 0 Å². The fourth-order valence-electron chi connectivity index (χ4n) is 1.65. The summed E-state index contributed by atoms with van der Waals surface area (Å²) >= 11 is 3.15. The highest BCUT2D eigenvalue weighted by Gasteiger charge is 2.06. The maximum Gasteiger partial charge on any atom is 0.207 e. The lowest BCUT2D eigenvalue weighted by molar-refractivity contribution is 0.620. The van der Waals surface area contributed by atoms with E-state index in [9.17, 15) is 4.39 Å². The van der Waals surface area contributed by atoms with Crippen LogP contribution in [0.4, 0.5) is 10.3 Å². The van der Waals surface area contributed by atoms with E-state index in [1.54, 1.807) is 12.3 Å². The van der Waals surface area contributed by atoms with Gasteiger partial charge >= 0.3 is 0 Å². The Morgan fingerprint density at radius 2 is 2.28 bits per heavy atom. The minimum absolute atomic E-state index is 0.277. The summed E-state index contributed by atoms with van der Waals surface area (Å²) < 4.78 is 15.8. The fourth-order valence-corrected chi connectivity index (χ4v) is 1.90. The van der Waals surface area contributed by atoms with Crippen LogP contribution in [0.25, 0.3) is 5.69 Å². The average molecular weight is 312 g/mol. The van der Waals surface area contributed by atoms with Crippen LogP contribution in [0.2, 0.25) is 0 Å².